The van der Waals surface area contributed by atoms with E-state index in [-0.39, 0.29) is 5.56 Å². The van der Waals surface area contributed by atoms with Gasteiger partial charge in [-0.15, -0.1) is 0 Å². The van der Waals surface area contributed by atoms with E-state index in [1.54, 1.807) is 6.20 Å². The fraction of sp³-hybridized carbons (Fsp3) is 0.280. The van der Waals surface area contributed by atoms with Crippen molar-refractivity contribution in [1.82, 2.24) is 14.3 Å². The summed E-state index contributed by atoms with van der Waals surface area (Å²) < 4.78 is 16.2. The van der Waals surface area contributed by atoms with Crippen LogP contribution in [0.2, 0.25) is 0 Å². The second kappa shape index (κ2) is 7.69. The first kappa shape index (κ1) is 19.5. The highest BCUT2D eigenvalue weighted by molar-refractivity contribution is 5.88. The highest BCUT2D eigenvalue weighted by atomic mass is 19.1. The molecule has 31 heavy (non-hydrogen) atoms. The van der Waals surface area contributed by atoms with Crippen LogP contribution in [-0.4, -0.2) is 34.1 Å². The predicted octanol–water partition coefficient (Wildman–Crippen LogP) is 4.52. The Hall–Kier alpha value is -3.41. The van der Waals surface area contributed by atoms with Crippen molar-refractivity contribution in [2.75, 3.05) is 24.7 Å². The van der Waals surface area contributed by atoms with E-state index in [9.17, 15) is 9.18 Å². The molecule has 0 bridgehead atoms. The molecule has 158 valence electrons. The molecule has 0 saturated carbocycles. The second-order valence-electron chi connectivity index (χ2n) is 8.12. The van der Waals surface area contributed by atoms with Crippen molar-refractivity contribution >= 4 is 16.5 Å². The third-order valence-electron chi connectivity index (χ3n) is 6.27. The van der Waals surface area contributed by atoms with Gasteiger partial charge in [-0.05, 0) is 56.2 Å². The number of hydrogen-bond donors (Lipinski definition) is 0. The van der Waals surface area contributed by atoms with Gasteiger partial charge in [0.25, 0.3) is 5.56 Å². The van der Waals surface area contributed by atoms with Gasteiger partial charge in [-0.2, -0.15) is 9.78 Å². The van der Waals surface area contributed by atoms with Gasteiger partial charge >= 0.3 is 0 Å². The van der Waals surface area contributed by atoms with E-state index >= 15 is 0 Å². The second-order valence-corrected chi connectivity index (χ2v) is 8.12. The summed E-state index contributed by atoms with van der Waals surface area (Å²) in [6.45, 7) is 5.81. The summed E-state index contributed by atoms with van der Waals surface area (Å²) in [6.07, 6.45) is 3.37. The number of aromatic nitrogens is 3. The van der Waals surface area contributed by atoms with Gasteiger partial charge in [0.05, 0.1) is 23.9 Å². The number of halogens is 1. The lowest BCUT2D eigenvalue weighted by molar-refractivity contribution is 0.495. The zero-order valence-corrected chi connectivity index (χ0v) is 17.8. The quantitative estimate of drug-likeness (QED) is 0.481. The first-order chi connectivity index (χ1) is 15.1. The fourth-order valence-corrected chi connectivity index (χ4v) is 4.45. The lowest BCUT2D eigenvalue weighted by atomic mass is 10.1. The van der Waals surface area contributed by atoms with Crippen LogP contribution in [0, 0.1) is 13.8 Å². The molecule has 1 aliphatic heterocycles. The largest absolute Gasteiger partial charge is 0.371 e. The molecule has 5 nitrogen and oxygen atoms in total. The summed E-state index contributed by atoms with van der Waals surface area (Å²) in [7, 11) is 0. The minimum absolute atomic E-state index is 0.144. The molecule has 5 rings (SSSR count). The van der Waals surface area contributed by atoms with E-state index in [4.69, 9.17) is 0 Å². The Morgan fingerprint density at radius 3 is 2.39 bits per heavy atom. The van der Waals surface area contributed by atoms with Gasteiger partial charge < -0.3 is 9.47 Å². The molecule has 0 N–H and O–H groups in total. The van der Waals surface area contributed by atoms with Crippen molar-refractivity contribution in [3.8, 4) is 11.4 Å². The van der Waals surface area contributed by atoms with E-state index in [1.807, 2.05) is 38.1 Å². The molecule has 1 fully saturated rings. The molecule has 1 saturated heterocycles. The van der Waals surface area contributed by atoms with Crippen LogP contribution in [0.1, 0.15) is 23.4 Å². The Kier molecular flexibility index (Phi) is 4.85. The van der Waals surface area contributed by atoms with E-state index in [0.29, 0.717) is 17.5 Å². The third-order valence-corrected chi connectivity index (χ3v) is 6.27. The van der Waals surface area contributed by atoms with Gasteiger partial charge in [-0.25, -0.2) is 0 Å². The van der Waals surface area contributed by atoms with E-state index in [2.05, 4.69) is 38.8 Å². The first-order valence-corrected chi connectivity index (χ1v) is 10.7. The molecule has 2 aromatic carbocycles. The Bertz CT molecular complexity index is 1320. The lowest BCUT2D eigenvalue weighted by Gasteiger charge is -2.33. The maximum absolute atomic E-state index is 13.4. The van der Waals surface area contributed by atoms with Crippen LogP contribution in [0.5, 0.6) is 0 Å². The molecule has 0 unspecified atom stereocenters. The van der Waals surface area contributed by atoms with Crippen molar-refractivity contribution in [2.45, 2.75) is 26.7 Å². The lowest BCUT2D eigenvalue weighted by Crippen LogP contribution is -2.36. The Morgan fingerprint density at radius 1 is 0.968 bits per heavy atom. The van der Waals surface area contributed by atoms with Gasteiger partial charge in [0, 0.05) is 47.7 Å². The van der Waals surface area contributed by atoms with Crippen molar-refractivity contribution in [3.63, 3.8) is 0 Å². The number of fused-ring (bicyclic) bond motifs is 1. The average Bonchev–Trinajstić information content (AvgIpc) is 2.99. The zero-order chi connectivity index (χ0) is 21.5. The monoisotopic (exact) mass is 416 g/mol. The maximum atomic E-state index is 13.4. The number of anilines is 1. The maximum Gasteiger partial charge on any atom is 0.281 e. The summed E-state index contributed by atoms with van der Waals surface area (Å²) in [5.41, 5.74) is 5.61. The molecule has 6 heteroatoms. The fourth-order valence-electron chi connectivity index (χ4n) is 4.45. The standard InChI is InChI=1S/C25H25FN4O/c1-17-23-16-27-30(20-9-7-19(8-10-20)11-12-26)25(31)24(23)18(2)29(17)22-6-3-5-21(15-22)28-13-4-14-28/h3,5-10,15-16H,4,11-14H2,1-2H3. The van der Waals surface area contributed by atoms with Crippen LogP contribution >= 0.6 is 0 Å². The van der Waals surface area contributed by atoms with Crippen LogP contribution in [-0.2, 0) is 6.42 Å². The number of hydrogen-bond acceptors (Lipinski definition) is 3. The SMILES string of the molecule is Cc1c2cnn(-c3ccc(CCF)cc3)c(=O)c2c(C)n1-c1cccc(N2CCC2)c1. The highest BCUT2D eigenvalue weighted by Crippen LogP contribution is 2.29. The number of nitrogens with zero attached hydrogens (tertiary/aromatic N) is 4. The van der Waals surface area contributed by atoms with E-state index in [0.717, 1.165) is 41.1 Å². The first-order valence-electron chi connectivity index (χ1n) is 10.7. The van der Waals surface area contributed by atoms with E-state index < -0.39 is 6.67 Å². The molecule has 3 heterocycles. The van der Waals surface area contributed by atoms with Gasteiger partial charge in [0.15, 0.2) is 0 Å². The third kappa shape index (κ3) is 3.23. The van der Waals surface area contributed by atoms with Gasteiger partial charge in [-0.1, -0.05) is 18.2 Å². The summed E-state index contributed by atoms with van der Waals surface area (Å²) >= 11 is 0. The molecule has 0 amide bonds. The van der Waals surface area contributed by atoms with Gasteiger partial charge in [-0.3, -0.25) is 9.18 Å². The van der Waals surface area contributed by atoms with E-state index in [1.165, 1.54) is 16.8 Å². The normalized spacial score (nSPS) is 13.6. The molecule has 0 spiro atoms. The molecular formula is C25H25FN4O. The molecule has 0 atom stereocenters. The zero-order valence-electron chi connectivity index (χ0n) is 17.8. The topological polar surface area (TPSA) is 43.1 Å². The summed E-state index contributed by atoms with van der Waals surface area (Å²) in [6, 6.07) is 15.8. The number of alkyl halides is 1. The number of aryl methyl sites for hydroxylation is 3. The molecular weight excluding hydrogens is 391 g/mol. The number of rotatable bonds is 5. The predicted molar refractivity (Wildman–Crippen MR) is 123 cm³/mol. The minimum Gasteiger partial charge on any atom is -0.371 e. The van der Waals surface area contributed by atoms with Crippen molar-refractivity contribution in [2.24, 2.45) is 0 Å². The highest BCUT2D eigenvalue weighted by Gasteiger charge is 2.19. The summed E-state index contributed by atoms with van der Waals surface area (Å²) in [4.78, 5) is 15.8. The van der Waals surface area contributed by atoms with Crippen LogP contribution in [0.3, 0.4) is 0 Å². The Labute approximate surface area is 180 Å². The van der Waals surface area contributed by atoms with Crippen molar-refractivity contribution < 1.29 is 4.39 Å². The Balaban J connectivity index is 1.63. The minimum atomic E-state index is -0.394. The van der Waals surface area contributed by atoms with Crippen molar-refractivity contribution in [3.05, 3.63) is 82.0 Å². The van der Waals surface area contributed by atoms with Crippen LogP contribution < -0.4 is 10.5 Å². The Morgan fingerprint density at radius 2 is 1.71 bits per heavy atom. The smallest absolute Gasteiger partial charge is 0.281 e. The summed E-state index contributed by atoms with van der Waals surface area (Å²) in [5.74, 6) is 0. The van der Waals surface area contributed by atoms with Gasteiger partial charge in [0.2, 0.25) is 0 Å². The van der Waals surface area contributed by atoms with Gasteiger partial charge in [0.1, 0.15) is 0 Å². The van der Waals surface area contributed by atoms with Crippen LogP contribution in [0.15, 0.2) is 59.5 Å². The molecule has 0 radical (unpaired) electrons. The molecule has 0 aliphatic carbocycles. The van der Waals surface area contributed by atoms with Crippen molar-refractivity contribution in [1.29, 1.82) is 0 Å². The molecule has 2 aromatic heterocycles. The average molecular weight is 417 g/mol. The number of benzene rings is 2. The summed E-state index contributed by atoms with van der Waals surface area (Å²) in [5, 5.41) is 5.98. The van der Waals surface area contributed by atoms with Crippen LogP contribution in [0.4, 0.5) is 10.1 Å². The van der Waals surface area contributed by atoms with Crippen LogP contribution in [0.25, 0.3) is 22.1 Å². The molecule has 4 aromatic rings. The molecule has 1 aliphatic rings.